The van der Waals surface area contributed by atoms with Crippen LogP contribution in [0.2, 0.25) is 0 Å². The van der Waals surface area contributed by atoms with Gasteiger partial charge in [0.15, 0.2) is 11.5 Å². The first-order valence-electron chi connectivity index (χ1n) is 11.7. The van der Waals surface area contributed by atoms with Crippen LogP contribution in [0, 0.1) is 17.3 Å². The number of piperidine rings is 1. The average Bonchev–Trinajstić information content (AvgIpc) is 3.23. The van der Waals surface area contributed by atoms with Crippen LogP contribution in [0.15, 0.2) is 18.5 Å². The number of hydrogen-bond acceptors (Lipinski definition) is 5. The molecule has 3 aliphatic rings. The van der Waals surface area contributed by atoms with Gasteiger partial charge in [-0.2, -0.15) is 5.10 Å². The van der Waals surface area contributed by atoms with Crippen LogP contribution in [0.3, 0.4) is 0 Å². The second kappa shape index (κ2) is 7.67. The van der Waals surface area contributed by atoms with Gasteiger partial charge in [0.25, 0.3) is 5.91 Å². The first-order valence-corrected chi connectivity index (χ1v) is 11.7. The molecule has 0 radical (unpaired) electrons. The van der Waals surface area contributed by atoms with E-state index < -0.39 is 5.91 Å². The van der Waals surface area contributed by atoms with E-state index in [4.69, 9.17) is 5.73 Å². The third-order valence-corrected chi connectivity index (χ3v) is 7.63. The molecule has 5 rings (SSSR count). The molecule has 2 N–H and O–H groups in total. The summed E-state index contributed by atoms with van der Waals surface area (Å²) in [4.78, 5) is 44.3. The van der Waals surface area contributed by atoms with Crippen LogP contribution in [-0.2, 0) is 16.1 Å². The first-order chi connectivity index (χ1) is 15.2. The normalized spacial score (nSPS) is 28.5. The van der Waals surface area contributed by atoms with E-state index in [9.17, 15) is 14.4 Å². The van der Waals surface area contributed by atoms with Gasteiger partial charge in [-0.25, -0.2) is 0 Å². The number of amides is 2. The predicted molar refractivity (Wildman–Crippen MR) is 119 cm³/mol. The lowest BCUT2D eigenvalue weighted by Gasteiger charge is -2.36. The van der Waals surface area contributed by atoms with Crippen molar-refractivity contribution in [2.24, 2.45) is 23.0 Å². The number of pyridine rings is 1. The number of nitrogens with two attached hydrogens (primary N) is 1. The van der Waals surface area contributed by atoms with Crippen molar-refractivity contribution in [3.8, 4) is 0 Å². The lowest BCUT2D eigenvalue weighted by atomic mass is 9.70. The molecule has 2 amide bonds. The Kier molecular flexibility index (Phi) is 5.06. The summed E-state index contributed by atoms with van der Waals surface area (Å²) in [5.41, 5.74) is 6.49. The number of rotatable bonds is 6. The number of carbonyl (C=O) groups is 3. The average molecular weight is 438 g/mol. The number of aromatic nitrogens is 3. The van der Waals surface area contributed by atoms with Crippen molar-refractivity contribution < 1.29 is 14.4 Å². The molecule has 1 saturated heterocycles. The van der Waals surface area contributed by atoms with Crippen molar-refractivity contribution >= 4 is 28.5 Å². The largest absolute Gasteiger partial charge is 0.364 e. The van der Waals surface area contributed by atoms with Gasteiger partial charge in [0.1, 0.15) is 6.54 Å². The van der Waals surface area contributed by atoms with Gasteiger partial charge in [0, 0.05) is 24.0 Å². The van der Waals surface area contributed by atoms with Gasteiger partial charge in [-0.05, 0) is 55.4 Å². The molecule has 3 fully saturated rings. The molecule has 0 unspecified atom stereocenters. The summed E-state index contributed by atoms with van der Waals surface area (Å²) in [7, 11) is 0. The number of nitrogens with zero attached hydrogens (tertiary/aromatic N) is 4. The minimum atomic E-state index is -0.640. The zero-order valence-corrected chi connectivity index (χ0v) is 18.8. The van der Waals surface area contributed by atoms with Crippen LogP contribution in [-0.4, -0.2) is 49.3 Å². The van der Waals surface area contributed by atoms with Crippen molar-refractivity contribution in [1.29, 1.82) is 0 Å². The van der Waals surface area contributed by atoms with Gasteiger partial charge < -0.3 is 10.6 Å². The maximum atomic E-state index is 13.4. The highest BCUT2D eigenvalue weighted by molar-refractivity contribution is 6.04. The summed E-state index contributed by atoms with van der Waals surface area (Å²) in [6, 6.07) is 1.51. The van der Waals surface area contributed by atoms with Gasteiger partial charge in [-0.1, -0.05) is 20.3 Å². The lowest BCUT2D eigenvalue weighted by Crippen LogP contribution is -2.45. The SMILES string of the molecule is CC1(C)CCC[C@H](CC(=O)[C@@H]2C[C@H]3C[C@H]3N2C(=O)Cn2nc(C(N)=O)c3ccncc32)C1. The molecule has 0 aromatic carbocycles. The zero-order chi connectivity index (χ0) is 22.6. The van der Waals surface area contributed by atoms with Crippen molar-refractivity contribution in [3.05, 3.63) is 24.2 Å². The number of ketones is 1. The number of Topliss-reactive ketones (excluding diaryl/α,β-unsaturated/α-hetero) is 1. The fourth-order valence-electron chi connectivity index (χ4n) is 6.08. The minimum absolute atomic E-state index is 0.0288. The Hall–Kier alpha value is -2.77. The summed E-state index contributed by atoms with van der Waals surface area (Å²) in [5.74, 6) is 0.297. The molecule has 2 aromatic rings. The summed E-state index contributed by atoms with van der Waals surface area (Å²) >= 11 is 0. The Balaban J connectivity index is 1.33. The first kappa shape index (κ1) is 21.1. The van der Waals surface area contributed by atoms with Crippen LogP contribution in [0.4, 0.5) is 0 Å². The summed E-state index contributed by atoms with van der Waals surface area (Å²) in [6.07, 6.45) is 10.0. The van der Waals surface area contributed by atoms with Crippen LogP contribution >= 0.6 is 0 Å². The summed E-state index contributed by atoms with van der Waals surface area (Å²) in [5, 5.41) is 4.87. The van der Waals surface area contributed by atoms with E-state index in [1.165, 1.54) is 17.5 Å². The molecule has 170 valence electrons. The number of hydrogen-bond donors (Lipinski definition) is 1. The fraction of sp³-hybridized carbons (Fsp3) is 0.625. The molecule has 4 atom stereocenters. The van der Waals surface area contributed by atoms with Gasteiger partial charge in [0.2, 0.25) is 5.91 Å². The Labute approximate surface area is 187 Å². The van der Waals surface area contributed by atoms with Crippen LogP contribution in [0.5, 0.6) is 0 Å². The maximum absolute atomic E-state index is 13.4. The second-order valence-electron chi connectivity index (χ2n) is 10.7. The van der Waals surface area contributed by atoms with Crippen LogP contribution < -0.4 is 5.73 Å². The Morgan fingerprint density at radius 1 is 1.25 bits per heavy atom. The van der Waals surface area contributed by atoms with Gasteiger partial charge in [-0.3, -0.25) is 24.0 Å². The number of fused-ring (bicyclic) bond motifs is 2. The molecular formula is C24H31N5O3. The topological polar surface area (TPSA) is 111 Å². The number of primary amides is 1. The summed E-state index contributed by atoms with van der Waals surface area (Å²) in [6.45, 7) is 4.54. The molecule has 2 aliphatic carbocycles. The molecule has 0 bridgehead atoms. The third-order valence-electron chi connectivity index (χ3n) is 7.63. The van der Waals surface area contributed by atoms with Gasteiger partial charge in [0.05, 0.1) is 17.8 Å². The smallest absolute Gasteiger partial charge is 0.269 e. The monoisotopic (exact) mass is 437 g/mol. The molecule has 2 saturated carbocycles. The molecule has 32 heavy (non-hydrogen) atoms. The van der Waals surface area contributed by atoms with Gasteiger partial charge in [-0.15, -0.1) is 0 Å². The highest BCUT2D eigenvalue weighted by Crippen LogP contribution is 2.49. The van der Waals surface area contributed by atoms with E-state index >= 15 is 0 Å². The van der Waals surface area contributed by atoms with E-state index in [1.807, 2.05) is 4.90 Å². The molecule has 2 aromatic heterocycles. The predicted octanol–water partition coefficient (Wildman–Crippen LogP) is 2.70. The van der Waals surface area contributed by atoms with Gasteiger partial charge >= 0.3 is 0 Å². The quantitative estimate of drug-likeness (QED) is 0.747. The van der Waals surface area contributed by atoms with Crippen molar-refractivity contribution in [2.45, 2.75) is 77.4 Å². The summed E-state index contributed by atoms with van der Waals surface area (Å²) < 4.78 is 1.49. The molecule has 1 aliphatic heterocycles. The maximum Gasteiger partial charge on any atom is 0.269 e. The molecule has 8 nitrogen and oxygen atoms in total. The molecule has 0 spiro atoms. The third kappa shape index (κ3) is 3.80. The second-order valence-corrected chi connectivity index (χ2v) is 10.7. The number of carbonyl (C=O) groups excluding carboxylic acids is 3. The van der Waals surface area contributed by atoms with E-state index in [1.54, 1.807) is 18.5 Å². The Morgan fingerprint density at radius 2 is 2.06 bits per heavy atom. The van der Waals surface area contributed by atoms with E-state index in [0.29, 0.717) is 34.6 Å². The lowest BCUT2D eigenvalue weighted by molar-refractivity contribution is -0.140. The Morgan fingerprint density at radius 3 is 2.81 bits per heavy atom. The van der Waals surface area contributed by atoms with E-state index in [-0.39, 0.29) is 36.0 Å². The number of likely N-dealkylation sites (tertiary alicyclic amines) is 1. The molecule has 8 heteroatoms. The van der Waals surface area contributed by atoms with Crippen LogP contribution in [0.25, 0.3) is 10.9 Å². The fourth-order valence-corrected chi connectivity index (χ4v) is 6.08. The zero-order valence-electron chi connectivity index (χ0n) is 18.8. The minimum Gasteiger partial charge on any atom is -0.364 e. The van der Waals surface area contributed by atoms with Crippen molar-refractivity contribution in [1.82, 2.24) is 19.7 Å². The van der Waals surface area contributed by atoms with Crippen molar-refractivity contribution in [2.75, 3.05) is 0 Å². The highest BCUT2D eigenvalue weighted by Gasteiger charge is 2.55. The van der Waals surface area contributed by atoms with Crippen LogP contribution in [0.1, 0.15) is 69.3 Å². The van der Waals surface area contributed by atoms with E-state index in [2.05, 4.69) is 23.9 Å². The Bertz CT molecular complexity index is 1090. The highest BCUT2D eigenvalue weighted by atomic mass is 16.2. The standard InChI is InChI=1S/C24H31N5O3/c1-24(2)6-3-4-14(11-24)8-20(30)18-10-15-9-17(15)29(18)21(31)13-28-19-12-26-7-5-16(19)22(27-28)23(25)32/h5,7,12,14-15,17-18H,3-4,6,8-11,13H2,1-2H3,(H2,25,32)/t14-,15-,17-,18+/m1/s1. The van der Waals surface area contributed by atoms with Crippen molar-refractivity contribution in [3.63, 3.8) is 0 Å². The molecule has 3 heterocycles. The molecular weight excluding hydrogens is 406 g/mol. The van der Waals surface area contributed by atoms with E-state index in [0.717, 1.165) is 25.7 Å².